The normalized spacial score (nSPS) is 20.7. The summed E-state index contributed by atoms with van der Waals surface area (Å²) in [7, 11) is 0. The molecule has 1 aliphatic rings. The lowest BCUT2D eigenvalue weighted by molar-refractivity contribution is 0.0935. The molecule has 1 aromatic carbocycles. The Kier molecular flexibility index (Phi) is 4.36. The molecule has 3 heteroatoms. The van der Waals surface area contributed by atoms with Crippen LogP contribution in [0.1, 0.15) is 56.0 Å². The molecule has 1 atom stereocenters. The summed E-state index contributed by atoms with van der Waals surface area (Å²) in [5.41, 5.74) is 3.25. The number of amides is 1. The fourth-order valence-corrected chi connectivity index (χ4v) is 3.05. The number of hydrogen-bond donors (Lipinski definition) is 2. The quantitative estimate of drug-likeness (QED) is 0.878. The topological polar surface area (TPSA) is 41.1 Å². The van der Waals surface area contributed by atoms with E-state index in [1.807, 2.05) is 25.1 Å². The summed E-state index contributed by atoms with van der Waals surface area (Å²) in [6.45, 7) is 9.50. The fourth-order valence-electron chi connectivity index (χ4n) is 3.05. The molecule has 3 nitrogen and oxygen atoms in total. The van der Waals surface area contributed by atoms with Crippen LogP contribution in [-0.4, -0.2) is 18.5 Å². The van der Waals surface area contributed by atoms with Crippen LogP contribution in [0, 0.1) is 12.3 Å². The van der Waals surface area contributed by atoms with Crippen LogP contribution in [0.15, 0.2) is 18.2 Å². The van der Waals surface area contributed by atoms with E-state index in [2.05, 4.69) is 31.4 Å². The number of carbonyl (C=O) groups excluding carboxylic acids is 1. The molecule has 1 aromatic rings. The molecule has 1 fully saturated rings. The Hall–Kier alpha value is -1.51. The zero-order chi connectivity index (χ0) is 14.8. The second-order valence-corrected chi connectivity index (χ2v) is 6.64. The minimum atomic E-state index is 0.0632. The Bertz CT molecular complexity index is 494. The number of rotatable bonds is 4. The molecule has 0 aromatic heterocycles. The van der Waals surface area contributed by atoms with Crippen LogP contribution in [0.4, 0.5) is 5.69 Å². The summed E-state index contributed by atoms with van der Waals surface area (Å²) in [4.78, 5) is 12.4. The van der Waals surface area contributed by atoms with Crippen LogP contribution >= 0.6 is 0 Å². The Morgan fingerprint density at radius 1 is 1.40 bits per heavy atom. The lowest BCUT2D eigenvalue weighted by Crippen LogP contribution is -2.33. The van der Waals surface area contributed by atoms with Gasteiger partial charge in [-0.1, -0.05) is 13.8 Å². The van der Waals surface area contributed by atoms with Gasteiger partial charge in [0.15, 0.2) is 0 Å². The van der Waals surface area contributed by atoms with Crippen LogP contribution in [-0.2, 0) is 0 Å². The number of carbonyl (C=O) groups is 1. The minimum Gasteiger partial charge on any atom is -0.385 e. The van der Waals surface area contributed by atoms with Gasteiger partial charge in [-0.05, 0) is 62.3 Å². The minimum absolute atomic E-state index is 0.0632. The second-order valence-electron chi connectivity index (χ2n) is 6.64. The molecule has 0 heterocycles. The highest BCUT2D eigenvalue weighted by molar-refractivity contribution is 5.96. The first-order chi connectivity index (χ1) is 9.41. The summed E-state index contributed by atoms with van der Waals surface area (Å²) >= 11 is 0. The van der Waals surface area contributed by atoms with Crippen molar-refractivity contribution in [1.82, 2.24) is 5.32 Å². The molecule has 110 valence electrons. The zero-order valence-corrected chi connectivity index (χ0v) is 13.0. The number of anilines is 1. The largest absolute Gasteiger partial charge is 0.385 e. The van der Waals surface area contributed by atoms with Gasteiger partial charge in [-0.15, -0.1) is 0 Å². The molecule has 0 spiro atoms. The molecule has 2 rings (SSSR count). The van der Waals surface area contributed by atoms with Crippen molar-refractivity contribution in [2.45, 2.75) is 53.0 Å². The number of benzene rings is 1. The van der Waals surface area contributed by atoms with E-state index < -0.39 is 0 Å². The summed E-state index contributed by atoms with van der Waals surface area (Å²) < 4.78 is 0. The van der Waals surface area contributed by atoms with Crippen molar-refractivity contribution in [2.75, 3.05) is 11.9 Å². The van der Waals surface area contributed by atoms with E-state index in [1.54, 1.807) is 0 Å². The van der Waals surface area contributed by atoms with E-state index in [-0.39, 0.29) is 5.91 Å². The highest BCUT2D eigenvalue weighted by Crippen LogP contribution is 2.37. The van der Waals surface area contributed by atoms with E-state index in [9.17, 15) is 4.79 Å². The van der Waals surface area contributed by atoms with Gasteiger partial charge in [0.25, 0.3) is 5.91 Å². The van der Waals surface area contributed by atoms with Gasteiger partial charge in [-0.3, -0.25) is 4.79 Å². The van der Waals surface area contributed by atoms with Crippen LogP contribution in [0.2, 0.25) is 0 Å². The van der Waals surface area contributed by atoms with Crippen LogP contribution in [0.3, 0.4) is 0 Å². The van der Waals surface area contributed by atoms with Gasteiger partial charge in [-0.25, -0.2) is 0 Å². The lowest BCUT2D eigenvalue weighted by Gasteiger charge is -2.18. The average Bonchev–Trinajstić information content (AvgIpc) is 2.69. The van der Waals surface area contributed by atoms with Gasteiger partial charge in [-0.2, -0.15) is 0 Å². The maximum absolute atomic E-state index is 12.4. The molecule has 20 heavy (non-hydrogen) atoms. The molecule has 1 aliphatic carbocycles. The third kappa shape index (κ3) is 3.53. The van der Waals surface area contributed by atoms with Crippen molar-refractivity contribution in [3.05, 3.63) is 29.3 Å². The van der Waals surface area contributed by atoms with Crippen molar-refractivity contribution in [2.24, 2.45) is 5.41 Å². The Morgan fingerprint density at radius 3 is 2.70 bits per heavy atom. The van der Waals surface area contributed by atoms with Crippen molar-refractivity contribution in [1.29, 1.82) is 0 Å². The van der Waals surface area contributed by atoms with E-state index in [0.717, 1.165) is 36.2 Å². The monoisotopic (exact) mass is 274 g/mol. The van der Waals surface area contributed by atoms with E-state index in [0.29, 0.717) is 11.5 Å². The van der Waals surface area contributed by atoms with Gasteiger partial charge in [0.05, 0.1) is 0 Å². The van der Waals surface area contributed by atoms with Gasteiger partial charge >= 0.3 is 0 Å². The maximum Gasteiger partial charge on any atom is 0.251 e. The fraction of sp³-hybridized carbons (Fsp3) is 0.588. The Balaban J connectivity index is 2.02. The predicted molar refractivity (Wildman–Crippen MR) is 84.2 cm³/mol. The lowest BCUT2D eigenvalue weighted by atomic mass is 9.92. The Morgan fingerprint density at radius 2 is 2.15 bits per heavy atom. The summed E-state index contributed by atoms with van der Waals surface area (Å²) in [6, 6.07) is 6.26. The second kappa shape index (κ2) is 5.86. The SMILES string of the molecule is CCNc1ccc(C(=O)NC2CCC(C)(C)C2)c(C)c1. The molecule has 2 N–H and O–H groups in total. The Labute approximate surface area is 122 Å². The van der Waals surface area contributed by atoms with E-state index >= 15 is 0 Å². The maximum atomic E-state index is 12.4. The summed E-state index contributed by atoms with van der Waals surface area (Å²) in [5, 5.41) is 6.45. The molecule has 0 radical (unpaired) electrons. The van der Waals surface area contributed by atoms with Crippen molar-refractivity contribution < 1.29 is 4.79 Å². The van der Waals surface area contributed by atoms with Crippen LogP contribution < -0.4 is 10.6 Å². The van der Waals surface area contributed by atoms with Crippen molar-refractivity contribution in [3.63, 3.8) is 0 Å². The van der Waals surface area contributed by atoms with Crippen molar-refractivity contribution in [3.8, 4) is 0 Å². The molecule has 1 amide bonds. The first kappa shape index (κ1) is 14.9. The van der Waals surface area contributed by atoms with Gasteiger partial charge in [0.2, 0.25) is 0 Å². The van der Waals surface area contributed by atoms with Crippen molar-refractivity contribution >= 4 is 11.6 Å². The molecule has 0 saturated heterocycles. The van der Waals surface area contributed by atoms with Crippen LogP contribution in [0.25, 0.3) is 0 Å². The van der Waals surface area contributed by atoms with E-state index in [4.69, 9.17) is 0 Å². The zero-order valence-electron chi connectivity index (χ0n) is 13.0. The molecular weight excluding hydrogens is 248 g/mol. The first-order valence-electron chi connectivity index (χ1n) is 7.57. The van der Waals surface area contributed by atoms with Gasteiger partial charge < -0.3 is 10.6 Å². The first-order valence-corrected chi connectivity index (χ1v) is 7.57. The number of hydrogen-bond acceptors (Lipinski definition) is 2. The third-order valence-electron chi connectivity index (χ3n) is 4.16. The summed E-state index contributed by atoms with van der Waals surface area (Å²) in [6.07, 6.45) is 3.36. The van der Waals surface area contributed by atoms with Gasteiger partial charge in [0, 0.05) is 23.8 Å². The average molecular weight is 274 g/mol. The molecule has 1 unspecified atom stereocenters. The third-order valence-corrected chi connectivity index (χ3v) is 4.16. The highest BCUT2D eigenvalue weighted by Gasteiger charge is 2.31. The molecule has 0 aliphatic heterocycles. The molecule has 0 bridgehead atoms. The standard InChI is InChI=1S/C17H26N2O/c1-5-18-13-6-7-15(12(2)10-13)16(20)19-14-8-9-17(3,4)11-14/h6-7,10,14,18H,5,8-9,11H2,1-4H3,(H,19,20). The summed E-state index contributed by atoms with van der Waals surface area (Å²) in [5.74, 6) is 0.0632. The number of nitrogens with one attached hydrogen (secondary N) is 2. The van der Waals surface area contributed by atoms with Crippen LogP contribution in [0.5, 0.6) is 0 Å². The van der Waals surface area contributed by atoms with Gasteiger partial charge in [0.1, 0.15) is 0 Å². The number of aryl methyl sites for hydroxylation is 1. The van der Waals surface area contributed by atoms with E-state index in [1.165, 1.54) is 6.42 Å². The predicted octanol–water partition coefficient (Wildman–Crippen LogP) is 3.74. The highest BCUT2D eigenvalue weighted by atomic mass is 16.1. The molecule has 1 saturated carbocycles. The molecular formula is C17H26N2O. The smallest absolute Gasteiger partial charge is 0.251 e.